The molecular formula is C14H27NO2. The number of carboxylic acid groups (broad SMARTS) is 1. The van der Waals surface area contributed by atoms with E-state index in [0.29, 0.717) is 12.0 Å². The Morgan fingerprint density at radius 3 is 2.12 bits per heavy atom. The fraction of sp³-hybridized carbons (Fsp3) is 0.929. The summed E-state index contributed by atoms with van der Waals surface area (Å²) in [6, 6.07) is 0.393. The van der Waals surface area contributed by atoms with Crippen molar-refractivity contribution in [2.45, 2.75) is 70.9 Å². The van der Waals surface area contributed by atoms with Gasteiger partial charge in [-0.2, -0.15) is 0 Å². The molecule has 0 amide bonds. The van der Waals surface area contributed by atoms with Crippen LogP contribution >= 0.6 is 0 Å². The van der Waals surface area contributed by atoms with Gasteiger partial charge in [0.2, 0.25) is 0 Å². The normalized spacial score (nSPS) is 18.4. The van der Waals surface area contributed by atoms with Crippen molar-refractivity contribution in [3.8, 4) is 0 Å². The van der Waals surface area contributed by atoms with Crippen molar-refractivity contribution in [2.24, 2.45) is 5.92 Å². The van der Waals surface area contributed by atoms with Crippen molar-refractivity contribution in [3.63, 3.8) is 0 Å². The second-order valence-electron chi connectivity index (χ2n) is 5.53. The first kappa shape index (κ1) is 14.5. The summed E-state index contributed by atoms with van der Waals surface area (Å²) >= 11 is 0. The highest BCUT2D eigenvalue weighted by atomic mass is 16.4. The summed E-state index contributed by atoms with van der Waals surface area (Å²) in [4.78, 5) is 13.9. The van der Waals surface area contributed by atoms with E-state index in [-0.39, 0.29) is 0 Å². The zero-order valence-electron chi connectivity index (χ0n) is 11.7. The lowest BCUT2D eigenvalue weighted by molar-refractivity contribution is -0.154. The average molecular weight is 241 g/mol. The van der Waals surface area contributed by atoms with Crippen LogP contribution in [0.5, 0.6) is 0 Å². The standard InChI is InChI=1S/C14H27NO2/c1-5-9-14(10-6-2,13(16)17)15(4)11(3)12-7-8-12/h11-12H,5-10H2,1-4H3,(H,16,17). The van der Waals surface area contributed by atoms with Gasteiger partial charge in [-0.3, -0.25) is 9.69 Å². The van der Waals surface area contributed by atoms with Crippen molar-refractivity contribution in [1.82, 2.24) is 4.90 Å². The van der Waals surface area contributed by atoms with Crippen molar-refractivity contribution in [1.29, 1.82) is 0 Å². The molecule has 0 spiro atoms. The number of hydrogen-bond acceptors (Lipinski definition) is 2. The monoisotopic (exact) mass is 241 g/mol. The molecule has 1 N–H and O–H groups in total. The maximum Gasteiger partial charge on any atom is 0.324 e. The van der Waals surface area contributed by atoms with Crippen LogP contribution in [0.25, 0.3) is 0 Å². The summed E-state index contributed by atoms with van der Waals surface area (Å²) in [6.07, 6.45) is 5.88. The van der Waals surface area contributed by atoms with Crippen LogP contribution in [0.2, 0.25) is 0 Å². The molecule has 3 nitrogen and oxygen atoms in total. The molecule has 0 aromatic heterocycles. The fourth-order valence-corrected chi connectivity index (χ4v) is 2.95. The van der Waals surface area contributed by atoms with Crippen molar-refractivity contribution in [2.75, 3.05) is 7.05 Å². The highest BCUT2D eigenvalue weighted by molar-refractivity contribution is 5.78. The Labute approximate surface area is 105 Å². The molecule has 17 heavy (non-hydrogen) atoms. The lowest BCUT2D eigenvalue weighted by Gasteiger charge is -2.42. The van der Waals surface area contributed by atoms with Crippen LogP contribution in [0.1, 0.15) is 59.3 Å². The molecule has 1 fully saturated rings. The maximum absolute atomic E-state index is 11.7. The SMILES string of the molecule is CCCC(CCC)(C(=O)O)N(C)C(C)C1CC1. The summed E-state index contributed by atoms with van der Waals surface area (Å²) in [7, 11) is 2.00. The van der Waals surface area contributed by atoms with E-state index in [1.165, 1.54) is 12.8 Å². The number of hydrogen-bond donors (Lipinski definition) is 1. The van der Waals surface area contributed by atoms with Crippen LogP contribution in [-0.2, 0) is 4.79 Å². The Morgan fingerprint density at radius 2 is 1.82 bits per heavy atom. The number of carbonyl (C=O) groups is 1. The first-order valence-electron chi connectivity index (χ1n) is 6.96. The number of rotatable bonds is 8. The van der Waals surface area contributed by atoms with E-state index in [1.807, 2.05) is 7.05 Å². The third-order valence-corrected chi connectivity index (χ3v) is 4.32. The molecule has 1 aliphatic carbocycles. The minimum atomic E-state index is -0.647. The Kier molecular flexibility index (Phi) is 4.99. The van der Waals surface area contributed by atoms with Crippen LogP contribution in [0.3, 0.4) is 0 Å². The van der Waals surface area contributed by atoms with Crippen LogP contribution in [0.15, 0.2) is 0 Å². The highest BCUT2D eigenvalue weighted by Crippen LogP contribution is 2.39. The Balaban J connectivity index is 2.87. The molecule has 1 saturated carbocycles. The van der Waals surface area contributed by atoms with Crippen molar-refractivity contribution in [3.05, 3.63) is 0 Å². The first-order chi connectivity index (χ1) is 7.99. The van der Waals surface area contributed by atoms with E-state index in [4.69, 9.17) is 0 Å². The molecule has 0 aromatic rings. The topological polar surface area (TPSA) is 40.5 Å². The number of likely N-dealkylation sites (N-methyl/N-ethyl adjacent to an activating group) is 1. The molecule has 0 bridgehead atoms. The molecule has 3 heteroatoms. The van der Waals surface area contributed by atoms with Crippen molar-refractivity contribution < 1.29 is 9.90 Å². The molecule has 0 radical (unpaired) electrons. The second-order valence-corrected chi connectivity index (χ2v) is 5.53. The molecule has 0 aromatic carbocycles. The quantitative estimate of drug-likeness (QED) is 0.709. The number of carboxylic acids is 1. The van der Waals surface area contributed by atoms with Gasteiger partial charge >= 0.3 is 5.97 Å². The molecule has 1 unspecified atom stereocenters. The van der Waals surface area contributed by atoms with Gasteiger partial charge in [0.05, 0.1) is 0 Å². The minimum absolute atomic E-state index is 0.393. The lowest BCUT2D eigenvalue weighted by atomic mass is 9.85. The van der Waals surface area contributed by atoms with Gasteiger partial charge < -0.3 is 5.11 Å². The van der Waals surface area contributed by atoms with Gasteiger partial charge in [0.1, 0.15) is 5.54 Å². The number of aliphatic carboxylic acids is 1. The van der Waals surface area contributed by atoms with E-state index >= 15 is 0 Å². The van der Waals surface area contributed by atoms with Crippen LogP contribution in [-0.4, -0.2) is 34.6 Å². The van der Waals surface area contributed by atoms with E-state index < -0.39 is 11.5 Å². The van der Waals surface area contributed by atoms with Gasteiger partial charge in [-0.25, -0.2) is 0 Å². The largest absolute Gasteiger partial charge is 0.480 e. The predicted octanol–water partition coefficient (Wildman–Crippen LogP) is 3.14. The minimum Gasteiger partial charge on any atom is -0.480 e. The summed E-state index contributed by atoms with van der Waals surface area (Å²) in [6.45, 7) is 6.33. The Hall–Kier alpha value is -0.570. The molecule has 1 aliphatic rings. The first-order valence-corrected chi connectivity index (χ1v) is 6.96. The lowest BCUT2D eigenvalue weighted by Crippen LogP contribution is -2.56. The molecule has 1 rings (SSSR count). The van der Waals surface area contributed by atoms with Gasteiger partial charge in [-0.1, -0.05) is 26.7 Å². The second kappa shape index (κ2) is 5.85. The fourth-order valence-electron chi connectivity index (χ4n) is 2.95. The summed E-state index contributed by atoms with van der Waals surface area (Å²) < 4.78 is 0. The van der Waals surface area contributed by atoms with Gasteiger partial charge in [0.15, 0.2) is 0 Å². The van der Waals surface area contributed by atoms with E-state index in [1.54, 1.807) is 0 Å². The van der Waals surface area contributed by atoms with Gasteiger partial charge in [0, 0.05) is 6.04 Å². The van der Waals surface area contributed by atoms with Crippen LogP contribution in [0.4, 0.5) is 0 Å². The zero-order valence-corrected chi connectivity index (χ0v) is 11.7. The van der Waals surface area contributed by atoms with Gasteiger partial charge in [-0.05, 0) is 45.6 Å². The van der Waals surface area contributed by atoms with Gasteiger partial charge in [-0.15, -0.1) is 0 Å². The van der Waals surface area contributed by atoms with Crippen LogP contribution in [0, 0.1) is 5.92 Å². The third kappa shape index (κ3) is 3.01. The smallest absolute Gasteiger partial charge is 0.324 e. The summed E-state index contributed by atoms with van der Waals surface area (Å²) in [5, 5.41) is 9.67. The Bertz CT molecular complexity index is 255. The predicted molar refractivity (Wildman–Crippen MR) is 70.1 cm³/mol. The zero-order chi connectivity index (χ0) is 13.1. The summed E-state index contributed by atoms with van der Waals surface area (Å²) in [5.41, 5.74) is -0.647. The summed E-state index contributed by atoms with van der Waals surface area (Å²) in [5.74, 6) is 0.0728. The molecular weight excluding hydrogens is 214 g/mol. The van der Waals surface area contributed by atoms with E-state index in [0.717, 1.165) is 25.7 Å². The molecule has 0 saturated heterocycles. The highest BCUT2D eigenvalue weighted by Gasteiger charge is 2.45. The molecule has 0 heterocycles. The van der Waals surface area contributed by atoms with Gasteiger partial charge in [0.25, 0.3) is 0 Å². The number of nitrogens with zero attached hydrogens (tertiary/aromatic N) is 1. The third-order valence-electron chi connectivity index (χ3n) is 4.32. The maximum atomic E-state index is 11.7. The Morgan fingerprint density at radius 1 is 1.35 bits per heavy atom. The van der Waals surface area contributed by atoms with Crippen molar-refractivity contribution >= 4 is 5.97 Å². The van der Waals surface area contributed by atoms with E-state index in [9.17, 15) is 9.90 Å². The molecule has 0 aliphatic heterocycles. The molecule has 1 atom stereocenters. The molecule has 100 valence electrons. The van der Waals surface area contributed by atoms with Crippen LogP contribution < -0.4 is 0 Å². The van der Waals surface area contributed by atoms with E-state index in [2.05, 4.69) is 25.7 Å². The average Bonchev–Trinajstić information content (AvgIpc) is 3.10.